The van der Waals surface area contributed by atoms with Crippen molar-refractivity contribution in [2.75, 3.05) is 7.11 Å². The molecule has 0 amide bonds. The molecular formula is C11H14Cl2N2O. The Kier molecular flexibility index (Phi) is 4.00. The van der Waals surface area contributed by atoms with Crippen LogP contribution in [0.3, 0.4) is 0 Å². The highest BCUT2D eigenvalue weighted by Gasteiger charge is 2.24. The monoisotopic (exact) mass is 260 g/mol. The summed E-state index contributed by atoms with van der Waals surface area (Å²) in [6.07, 6.45) is 4.73. The number of nitrogens with zero attached hydrogens (tertiary/aromatic N) is 2. The predicted molar refractivity (Wildman–Crippen MR) is 64.0 cm³/mol. The van der Waals surface area contributed by atoms with E-state index in [0.717, 1.165) is 18.4 Å². The summed E-state index contributed by atoms with van der Waals surface area (Å²) >= 11 is 12.3. The third-order valence-electron chi connectivity index (χ3n) is 2.94. The Bertz CT molecular complexity index is 355. The number of methoxy groups -OCH3 is 1. The lowest BCUT2D eigenvalue weighted by Crippen LogP contribution is -2.04. The van der Waals surface area contributed by atoms with E-state index in [2.05, 4.69) is 9.97 Å². The van der Waals surface area contributed by atoms with Gasteiger partial charge in [-0.1, -0.05) is 36.0 Å². The van der Waals surface area contributed by atoms with Gasteiger partial charge in [-0.15, -0.1) is 0 Å². The maximum absolute atomic E-state index is 6.16. The molecule has 3 nitrogen and oxygen atoms in total. The molecular weight excluding hydrogens is 247 g/mol. The SMILES string of the molecule is COCc1nc(Cl)c(C2CCCC2)c(Cl)n1. The van der Waals surface area contributed by atoms with E-state index in [4.69, 9.17) is 27.9 Å². The molecule has 0 spiro atoms. The minimum atomic E-state index is 0.338. The van der Waals surface area contributed by atoms with Gasteiger partial charge in [0.2, 0.25) is 0 Å². The van der Waals surface area contributed by atoms with Crippen LogP contribution in [0, 0.1) is 0 Å². The van der Waals surface area contributed by atoms with Crippen LogP contribution in [0.1, 0.15) is 43.0 Å². The first-order valence-corrected chi connectivity index (χ1v) is 6.18. The summed E-state index contributed by atoms with van der Waals surface area (Å²) < 4.78 is 4.96. The van der Waals surface area contributed by atoms with Crippen molar-refractivity contribution >= 4 is 23.2 Å². The summed E-state index contributed by atoms with van der Waals surface area (Å²) in [5, 5.41) is 0.970. The van der Waals surface area contributed by atoms with Gasteiger partial charge in [-0.3, -0.25) is 0 Å². The number of ether oxygens (including phenoxy) is 1. The normalized spacial score (nSPS) is 16.9. The molecule has 1 aliphatic rings. The van der Waals surface area contributed by atoms with Crippen LogP contribution in [0.4, 0.5) is 0 Å². The minimum absolute atomic E-state index is 0.338. The van der Waals surface area contributed by atoms with Gasteiger partial charge in [-0.25, -0.2) is 9.97 Å². The molecule has 5 heteroatoms. The Morgan fingerprint density at radius 2 is 1.75 bits per heavy atom. The smallest absolute Gasteiger partial charge is 0.157 e. The lowest BCUT2D eigenvalue weighted by molar-refractivity contribution is 0.177. The third kappa shape index (κ3) is 2.47. The van der Waals surface area contributed by atoms with E-state index in [-0.39, 0.29) is 0 Å². The van der Waals surface area contributed by atoms with E-state index >= 15 is 0 Å². The van der Waals surface area contributed by atoms with Crippen LogP contribution in [0.15, 0.2) is 0 Å². The van der Waals surface area contributed by atoms with Crippen LogP contribution >= 0.6 is 23.2 Å². The lowest BCUT2D eigenvalue weighted by atomic mass is 10.0. The first-order chi connectivity index (χ1) is 7.72. The summed E-state index contributed by atoms with van der Waals surface area (Å²) in [5.41, 5.74) is 0.917. The molecule has 0 N–H and O–H groups in total. The second-order valence-corrected chi connectivity index (χ2v) is 4.77. The molecule has 0 unspecified atom stereocenters. The van der Waals surface area contributed by atoms with Crippen molar-refractivity contribution in [1.82, 2.24) is 9.97 Å². The van der Waals surface area contributed by atoms with Crippen molar-refractivity contribution in [3.63, 3.8) is 0 Å². The summed E-state index contributed by atoms with van der Waals surface area (Å²) in [6.45, 7) is 0.338. The summed E-state index contributed by atoms with van der Waals surface area (Å²) in [4.78, 5) is 8.43. The quantitative estimate of drug-likeness (QED) is 0.780. The third-order valence-corrected chi connectivity index (χ3v) is 3.51. The molecule has 1 fully saturated rings. The maximum Gasteiger partial charge on any atom is 0.157 e. The minimum Gasteiger partial charge on any atom is -0.377 e. The average molecular weight is 261 g/mol. The highest BCUT2D eigenvalue weighted by molar-refractivity contribution is 6.34. The van der Waals surface area contributed by atoms with Crippen molar-refractivity contribution in [3.8, 4) is 0 Å². The second kappa shape index (κ2) is 5.30. The summed E-state index contributed by atoms with van der Waals surface area (Å²) in [5.74, 6) is 0.968. The lowest BCUT2D eigenvalue weighted by Gasteiger charge is -2.13. The van der Waals surface area contributed by atoms with Crippen LogP contribution in [0.25, 0.3) is 0 Å². The summed E-state index contributed by atoms with van der Waals surface area (Å²) in [7, 11) is 1.59. The molecule has 1 heterocycles. The number of rotatable bonds is 3. The van der Waals surface area contributed by atoms with Gasteiger partial charge in [0.15, 0.2) is 5.82 Å². The van der Waals surface area contributed by atoms with E-state index in [0.29, 0.717) is 28.7 Å². The van der Waals surface area contributed by atoms with Crippen LogP contribution in [0.2, 0.25) is 10.3 Å². The molecule has 0 aliphatic heterocycles. The Morgan fingerprint density at radius 1 is 1.19 bits per heavy atom. The van der Waals surface area contributed by atoms with Gasteiger partial charge in [0.1, 0.15) is 16.9 Å². The molecule has 88 valence electrons. The molecule has 0 radical (unpaired) electrons. The van der Waals surface area contributed by atoms with E-state index in [9.17, 15) is 0 Å². The number of halogens is 2. The van der Waals surface area contributed by atoms with Gasteiger partial charge in [0.25, 0.3) is 0 Å². The highest BCUT2D eigenvalue weighted by Crippen LogP contribution is 2.39. The van der Waals surface area contributed by atoms with Crippen molar-refractivity contribution in [1.29, 1.82) is 0 Å². The number of aromatic nitrogens is 2. The molecule has 1 aromatic heterocycles. The van der Waals surface area contributed by atoms with Crippen LogP contribution < -0.4 is 0 Å². The Balaban J connectivity index is 2.31. The first kappa shape index (κ1) is 12.1. The van der Waals surface area contributed by atoms with Crippen LogP contribution in [0.5, 0.6) is 0 Å². The number of hydrogen-bond donors (Lipinski definition) is 0. The van der Waals surface area contributed by atoms with Gasteiger partial charge in [-0.2, -0.15) is 0 Å². The fraction of sp³-hybridized carbons (Fsp3) is 0.636. The molecule has 0 bridgehead atoms. The van der Waals surface area contributed by atoms with Gasteiger partial charge in [0.05, 0.1) is 0 Å². The zero-order valence-corrected chi connectivity index (χ0v) is 10.7. The molecule has 0 aromatic carbocycles. The first-order valence-electron chi connectivity index (χ1n) is 5.43. The van der Waals surface area contributed by atoms with Gasteiger partial charge < -0.3 is 4.74 Å². The Morgan fingerprint density at radius 3 is 2.25 bits per heavy atom. The van der Waals surface area contributed by atoms with Crippen molar-refractivity contribution < 1.29 is 4.74 Å². The fourth-order valence-electron chi connectivity index (χ4n) is 2.20. The van der Waals surface area contributed by atoms with Gasteiger partial charge in [0, 0.05) is 12.7 Å². The largest absolute Gasteiger partial charge is 0.377 e. The maximum atomic E-state index is 6.16. The number of hydrogen-bond acceptors (Lipinski definition) is 3. The topological polar surface area (TPSA) is 35.0 Å². The molecule has 1 aromatic rings. The standard InChI is InChI=1S/C11H14Cl2N2O/c1-16-6-8-14-10(12)9(11(13)15-8)7-4-2-3-5-7/h7H,2-6H2,1H3. The van der Waals surface area contributed by atoms with E-state index < -0.39 is 0 Å². The molecule has 2 rings (SSSR count). The molecule has 1 aliphatic carbocycles. The molecule has 16 heavy (non-hydrogen) atoms. The van der Waals surface area contributed by atoms with E-state index in [1.807, 2.05) is 0 Å². The van der Waals surface area contributed by atoms with Crippen molar-refractivity contribution in [2.45, 2.75) is 38.2 Å². The molecule has 0 atom stereocenters. The van der Waals surface area contributed by atoms with Crippen molar-refractivity contribution in [3.05, 3.63) is 21.7 Å². The fourth-order valence-corrected chi connectivity index (χ4v) is 2.93. The summed E-state index contributed by atoms with van der Waals surface area (Å²) in [6, 6.07) is 0. The van der Waals surface area contributed by atoms with Gasteiger partial charge in [-0.05, 0) is 18.8 Å². The second-order valence-electron chi connectivity index (χ2n) is 4.05. The van der Waals surface area contributed by atoms with E-state index in [1.54, 1.807) is 7.11 Å². The zero-order chi connectivity index (χ0) is 11.5. The zero-order valence-electron chi connectivity index (χ0n) is 9.17. The van der Waals surface area contributed by atoms with Crippen molar-refractivity contribution in [2.24, 2.45) is 0 Å². The average Bonchev–Trinajstić information content (AvgIpc) is 2.70. The highest BCUT2D eigenvalue weighted by atomic mass is 35.5. The predicted octanol–water partition coefficient (Wildman–Crippen LogP) is 3.59. The van der Waals surface area contributed by atoms with E-state index in [1.165, 1.54) is 12.8 Å². The van der Waals surface area contributed by atoms with Gasteiger partial charge >= 0.3 is 0 Å². The molecule has 1 saturated carbocycles. The molecule has 0 saturated heterocycles. The van der Waals surface area contributed by atoms with Crippen LogP contribution in [-0.4, -0.2) is 17.1 Å². The Hall–Kier alpha value is -0.380. The Labute approximate surface area is 105 Å². The van der Waals surface area contributed by atoms with Crippen LogP contribution in [-0.2, 0) is 11.3 Å².